The minimum atomic E-state index is 1.02. The standard InChI is InChI=1S/C11H13N.2C2H6/c1-4-10-8-6-7-9(3)11(10)12-5-2;2*1-2/h4-8H,1H2,2-3H3;2*1-2H3. The van der Waals surface area contributed by atoms with Crippen LogP contribution in [0.15, 0.2) is 29.8 Å². The van der Waals surface area contributed by atoms with Gasteiger partial charge in [0.15, 0.2) is 0 Å². The van der Waals surface area contributed by atoms with E-state index in [2.05, 4.69) is 24.6 Å². The molecule has 0 aromatic heterocycles. The fraction of sp³-hybridized carbons (Fsp3) is 0.400. The first-order valence-corrected chi connectivity index (χ1v) is 6.00. The van der Waals surface area contributed by atoms with Gasteiger partial charge in [0.2, 0.25) is 0 Å². The first-order chi connectivity index (χ1) is 7.79. The summed E-state index contributed by atoms with van der Waals surface area (Å²) in [5, 5.41) is 0. The number of para-hydroxylation sites is 1. The average Bonchev–Trinajstić information content (AvgIpc) is 2.37. The van der Waals surface area contributed by atoms with E-state index in [1.165, 1.54) is 5.56 Å². The van der Waals surface area contributed by atoms with Crippen molar-refractivity contribution in [1.82, 2.24) is 0 Å². The first kappa shape index (κ1) is 17.0. The lowest BCUT2D eigenvalue weighted by atomic mass is 10.1. The monoisotopic (exact) mass is 219 g/mol. The van der Waals surface area contributed by atoms with Gasteiger partial charge in [-0.15, -0.1) is 0 Å². The number of hydrogen-bond donors (Lipinski definition) is 0. The van der Waals surface area contributed by atoms with Crippen molar-refractivity contribution in [2.75, 3.05) is 0 Å². The lowest BCUT2D eigenvalue weighted by Gasteiger charge is -2.02. The Labute approximate surface area is 101 Å². The molecule has 1 heteroatoms. The molecule has 0 fully saturated rings. The van der Waals surface area contributed by atoms with Crippen LogP contribution in [0.5, 0.6) is 0 Å². The Kier molecular flexibility index (Phi) is 12.5. The van der Waals surface area contributed by atoms with Crippen LogP contribution in [0.1, 0.15) is 45.7 Å². The molecule has 0 N–H and O–H groups in total. The fourth-order valence-electron chi connectivity index (χ4n) is 1.15. The zero-order chi connectivity index (χ0) is 13.0. The van der Waals surface area contributed by atoms with Gasteiger partial charge in [-0.2, -0.15) is 0 Å². The molecule has 1 nitrogen and oxygen atoms in total. The Morgan fingerprint density at radius 1 is 1.12 bits per heavy atom. The van der Waals surface area contributed by atoms with Crippen molar-refractivity contribution in [2.24, 2.45) is 4.99 Å². The minimum Gasteiger partial charge on any atom is -0.261 e. The van der Waals surface area contributed by atoms with Gasteiger partial charge in [0.25, 0.3) is 0 Å². The molecule has 0 unspecified atom stereocenters. The summed E-state index contributed by atoms with van der Waals surface area (Å²) >= 11 is 0. The van der Waals surface area contributed by atoms with Gasteiger partial charge in [-0.1, -0.05) is 58.5 Å². The maximum Gasteiger partial charge on any atom is 0.0726 e. The van der Waals surface area contributed by atoms with E-state index in [9.17, 15) is 0 Å². The zero-order valence-corrected chi connectivity index (χ0v) is 11.5. The summed E-state index contributed by atoms with van der Waals surface area (Å²) in [4.78, 5) is 4.28. The van der Waals surface area contributed by atoms with Crippen molar-refractivity contribution >= 4 is 18.0 Å². The van der Waals surface area contributed by atoms with Crippen LogP contribution in [0.25, 0.3) is 6.08 Å². The molecule has 0 saturated carbocycles. The van der Waals surface area contributed by atoms with Gasteiger partial charge in [-0.25, -0.2) is 0 Å². The summed E-state index contributed by atoms with van der Waals surface area (Å²) in [5.74, 6) is 0. The van der Waals surface area contributed by atoms with E-state index in [0.29, 0.717) is 0 Å². The highest BCUT2D eigenvalue weighted by Gasteiger charge is 1.98. The quantitative estimate of drug-likeness (QED) is 0.589. The number of hydrogen-bond acceptors (Lipinski definition) is 1. The van der Waals surface area contributed by atoms with Crippen molar-refractivity contribution in [2.45, 2.75) is 41.5 Å². The summed E-state index contributed by atoms with van der Waals surface area (Å²) < 4.78 is 0. The van der Waals surface area contributed by atoms with Crippen molar-refractivity contribution in [3.05, 3.63) is 35.9 Å². The molecule has 0 aliphatic rings. The Morgan fingerprint density at radius 3 is 2.12 bits per heavy atom. The molecule has 0 radical (unpaired) electrons. The maximum atomic E-state index is 4.28. The SMILES string of the molecule is C=Cc1cccc(C)c1N=CC.CC.CC. The van der Waals surface area contributed by atoms with E-state index in [4.69, 9.17) is 0 Å². The van der Waals surface area contributed by atoms with Crippen LogP contribution >= 0.6 is 0 Å². The second-order valence-corrected chi connectivity index (χ2v) is 2.60. The molecule has 0 aliphatic heterocycles. The summed E-state index contributed by atoms with van der Waals surface area (Å²) in [5.41, 5.74) is 3.30. The molecule has 0 heterocycles. The molecule has 90 valence electrons. The molecule has 0 amide bonds. The van der Waals surface area contributed by atoms with Crippen molar-refractivity contribution in [3.8, 4) is 0 Å². The first-order valence-electron chi connectivity index (χ1n) is 6.00. The van der Waals surface area contributed by atoms with E-state index in [1.54, 1.807) is 6.21 Å². The number of aryl methyl sites for hydroxylation is 1. The molecule has 1 rings (SSSR count). The van der Waals surface area contributed by atoms with Crippen LogP contribution in [0.2, 0.25) is 0 Å². The Balaban J connectivity index is 0. The molecule has 0 atom stereocenters. The van der Waals surface area contributed by atoms with Crippen LogP contribution in [-0.2, 0) is 0 Å². The summed E-state index contributed by atoms with van der Waals surface area (Å²) in [6.07, 6.45) is 3.63. The second-order valence-electron chi connectivity index (χ2n) is 2.60. The lowest BCUT2D eigenvalue weighted by molar-refractivity contribution is 1.39. The van der Waals surface area contributed by atoms with Crippen molar-refractivity contribution in [3.63, 3.8) is 0 Å². The molecule has 0 saturated heterocycles. The molecular weight excluding hydrogens is 194 g/mol. The summed E-state index contributed by atoms with van der Waals surface area (Å²) in [7, 11) is 0. The Hall–Kier alpha value is -1.37. The molecule has 0 aliphatic carbocycles. The average molecular weight is 219 g/mol. The summed E-state index contributed by atoms with van der Waals surface area (Å²) in [6.45, 7) is 15.7. The largest absolute Gasteiger partial charge is 0.261 e. The highest BCUT2D eigenvalue weighted by Crippen LogP contribution is 2.24. The van der Waals surface area contributed by atoms with E-state index in [-0.39, 0.29) is 0 Å². The van der Waals surface area contributed by atoms with Gasteiger partial charge in [-0.05, 0) is 25.0 Å². The predicted octanol–water partition coefficient (Wildman–Crippen LogP) is 5.41. The fourth-order valence-corrected chi connectivity index (χ4v) is 1.15. The van der Waals surface area contributed by atoms with Crippen LogP contribution in [0, 0.1) is 6.92 Å². The van der Waals surface area contributed by atoms with E-state index in [1.807, 2.05) is 52.8 Å². The van der Waals surface area contributed by atoms with E-state index < -0.39 is 0 Å². The number of nitrogens with zero attached hydrogens (tertiary/aromatic N) is 1. The normalized spacial score (nSPS) is 8.62. The third-order valence-electron chi connectivity index (χ3n) is 1.75. The van der Waals surface area contributed by atoms with Gasteiger partial charge in [0.05, 0.1) is 5.69 Å². The Bertz CT molecular complexity index is 311. The number of aliphatic imine (C=N–C) groups is 1. The third kappa shape index (κ3) is 5.50. The predicted molar refractivity (Wildman–Crippen MR) is 77.8 cm³/mol. The highest BCUT2D eigenvalue weighted by molar-refractivity contribution is 5.71. The minimum absolute atomic E-state index is 1.02. The Morgan fingerprint density at radius 2 is 1.69 bits per heavy atom. The smallest absolute Gasteiger partial charge is 0.0726 e. The van der Waals surface area contributed by atoms with Crippen molar-refractivity contribution < 1.29 is 0 Å². The van der Waals surface area contributed by atoms with E-state index >= 15 is 0 Å². The molecule has 0 spiro atoms. The topological polar surface area (TPSA) is 12.4 Å². The van der Waals surface area contributed by atoms with Crippen LogP contribution in [0.3, 0.4) is 0 Å². The third-order valence-corrected chi connectivity index (χ3v) is 1.75. The summed E-state index contributed by atoms with van der Waals surface area (Å²) in [6, 6.07) is 6.08. The van der Waals surface area contributed by atoms with Crippen LogP contribution < -0.4 is 0 Å². The van der Waals surface area contributed by atoms with Gasteiger partial charge in [0.1, 0.15) is 0 Å². The van der Waals surface area contributed by atoms with E-state index in [0.717, 1.165) is 11.3 Å². The zero-order valence-electron chi connectivity index (χ0n) is 11.5. The maximum absolute atomic E-state index is 4.28. The van der Waals surface area contributed by atoms with Crippen LogP contribution in [0.4, 0.5) is 5.69 Å². The van der Waals surface area contributed by atoms with Gasteiger partial charge >= 0.3 is 0 Å². The number of benzene rings is 1. The van der Waals surface area contributed by atoms with Gasteiger partial charge in [0, 0.05) is 6.21 Å². The van der Waals surface area contributed by atoms with Gasteiger partial charge in [-0.3, -0.25) is 4.99 Å². The lowest BCUT2D eigenvalue weighted by Crippen LogP contribution is -1.79. The number of rotatable bonds is 2. The van der Waals surface area contributed by atoms with Gasteiger partial charge < -0.3 is 0 Å². The van der Waals surface area contributed by atoms with Crippen molar-refractivity contribution in [1.29, 1.82) is 0 Å². The molecular formula is C15H25N. The molecule has 1 aromatic carbocycles. The second kappa shape index (κ2) is 11.7. The molecule has 1 aromatic rings. The molecule has 0 bridgehead atoms. The highest BCUT2D eigenvalue weighted by atomic mass is 14.7. The molecule has 16 heavy (non-hydrogen) atoms. The van der Waals surface area contributed by atoms with Crippen LogP contribution in [-0.4, -0.2) is 6.21 Å².